The molecule has 10 nitrogen and oxygen atoms in total. The molecule has 40 heavy (non-hydrogen) atoms. The number of aromatic nitrogens is 4. The second-order valence-electron chi connectivity index (χ2n) is 10.2. The zero-order chi connectivity index (χ0) is 28.4. The Morgan fingerprint density at radius 2 is 1.98 bits per heavy atom. The zero-order valence-corrected chi connectivity index (χ0v) is 24.9. The quantitative estimate of drug-likeness (QED) is 0.177. The molecule has 0 saturated carbocycles. The van der Waals surface area contributed by atoms with Crippen LogP contribution in [0.25, 0.3) is 33.7 Å². The summed E-state index contributed by atoms with van der Waals surface area (Å²) in [7, 11) is 4.03. The average Bonchev–Trinajstić information content (AvgIpc) is 3.64. The van der Waals surface area contributed by atoms with Crippen LogP contribution in [0.5, 0.6) is 0 Å². The lowest BCUT2D eigenvalue weighted by Crippen LogP contribution is -2.54. The van der Waals surface area contributed by atoms with Crippen LogP contribution in [0, 0.1) is 0 Å². The summed E-state index contributed by atoms with van der Waals surface area (Å²) in [5, 5.41) is 29.0. The minimum atomic E-state index is -1.05. The molecule has 0 amide bonds. The fourth-order valence-corrected chi connectivity index (χ4v) is 6.18. The summed E-state index contributed by atoms with van der Waals surface area (Å²) in [6.45, 7) is 3.27. The Balaban J connectivity index is 1.54. The fourth-order valence-electron chi connectivity index (χ4n) is 5.22. The molecule has 1 aliphatic rings. The number of fused-ring (bicyclic) bond motifs is 1. The van der Waals surface area contributed by atoms with Crippen molar-refractivity contribution in [2.45, 2.75) is 44.8 Å². The van der Waals surface area contributed by atoms with Crippen LogP contribution >= 0.6 is 27.5 Å². The maximum absolute atomic E-state index is 12.4. The van der Waals surface area contributed by atoms with Crippen LogP contribution in [0.1, 0.15) is 38.2 Å². The lowest BCUT2D eigenvalue weighted by atomic mass is 9.96. The number of rotatable bonds is 11. The van der Waals surface area contributed by atoms with E-state index in [2.05, 4.69) is 53.7 Å². The van der Waals surface area contributed by atoms with Crippen LogP contribution in [0.2, 0.25) is 0 Å². The summed E-state index contributed by atoms with van der Waals surface area (Å²) < 4.78 is 7.08. The van der Waals surface area contributed by atoms with Gasteiger partial charge in [0.25, 0.3) is 0 Å². The van der Waals surface area contributed by atoms with Crippen LogP contribution in [0.4, 0.5) is 0 Å². The molecule has 1 atom stereocenters. The highest BCUT2D eigenvalue weighted by Crippen LogP contribution is 2.42. The topological polar surface area (TPSA) is 123 Å². The normalized spacial score (nSPS) is 17.3. The van der Waals surface area contributed by atoms with Crippen molar-refractivity contribution < 1.29 is 14.3 Å². The first-order valence-electron chi connectivity index (χ1n) is 13.1. The Bertz CT molecular complexity index is 1550. The lowest BCUT2D eigenvalue weighted by molar-refractivity contribution is -0.135. The molecule has 1 aliphatic heterocycles. The van der Waals surface area contributed by atoms with Gasteiger partial charge in [-0.15, -0.1) is 10.2 Å². The van der Waals surface area contributed by atoms with E-state index >= 15 is 0 Å². The molecule has 2 aromatic carbocycles. The highest BCUT2D eigenvalue weighted by atomic mass is 79.9. The molecule has 5 rings (SSSR count). The van der Waals surface area contributed by atoms with Crippen molar-refractivity contribution in [2.24, 2.45) is 0 Å². The number of nitrogens with zero attached hydrogens (tertiary/aromatic N) is 5. The molecular weight excluding hydrogens is 598 g/mol. The van der Waals surface area contributed by atoms with Gasteiger partial charge in [-0.25, -0.2) is 4.79 Å². The van der Waals surface area contributed by atoms with Crippen molar-refractivity contribution in [2.75, 3.05) is 20.6 Å². The van der Waals surface area contributed by atoms with E-state index in [0.717, 1.165) is 52.4 Å². The minimum Gasteiger partial charge on any atom is -0.476 e. The van der Waals surface area contributed by atoms with Gasteiger partial charge in [0.1, 0.15) is 22.2 Å². The van der Waals surface area contributed by atoms with Gasteiger partial charge in [0.05, 0.1) is 4.47 Å². The number of carboxylic acids is 1. The predicted octanol–water partition coefficient (Wildman–Crippen LogP) is 5.78. The van der Waals surface area contributed by atoms with Crippen molar-refractivity contribution in [1.29, 1.82) is 0 Å². The summed E-state index contributed by atoms with van der Waals surface area (Å²) >= 11 is 10.3. The number of furan rings is 1. The summed E-state index contributed by atoms with van der Waals surface area (Å²) in [5.74, 6) is 0.0654. The van der Waals surface area contributed by atoms with Crippen molar-refractivity contribution in [3.63, 3.8) is 0 Å². The van der Waals surface area contributed by atoms with E-state index in [1.54, 1.807) is 0 Å². The van der Waals surface area contributed by atoms with Gasteiger partial charge in [0, 0.05) is 36.0 Å². The average molecular weight is 629 g/mol. The number of carboxylic acid groups (broad SMARTS) is 1. The van der Waals surface area contributed by atoms with Gasteiger partial charge >= 0.3 is 5.97 Å². The van der Waals surface area contributed by atoms with Gasteiger partial charge < -0.3 is 24.6 Å². The number of nitrogens with one attached hydrogen (secondary N) is 2. The molecule has 0 fully saturated rings. The number of benzene rings is 2. The number of halogens is 2. The van der Waals surface area contributed by atoms with Gasteiger partial charge in [-0.3, -0.25) is 0 Å². The molecule has 4 aromatic rings. The molecular formula is C28H31BrClN7O3. The van der Waals surface area contributed by atoms with Crippen LogP contribution in [0.15, 0.2) is 62.2 Å². The first-order valence-corrected chi connectivity index (χ1v) is 14.3. The van der Waals surface area contributed by atoms with E-state index in [-0.39, 0.29) is 10.9 Å². The third kappa shape index (κ3) is 5.33. The van der Waals surface area contributed by atoms with E-state index in [1.165, 1.54) is 0 Å². The number of unbranched alkanes of at least 4 members (excludes halogenated alkanes) is 1. The molecule has 12 heteroatoms. The monoisotopic (exact) mass is 627 g/mol. The number of H-pyrrole nitrogens is 1. The molecule has 210 valence electrons. The van der Waals surface area contributed by atoms with E-state index < -0.39 is 11.6 Å². The highest BCUT2D eigenvalue weighted by Gasteiger charge is 2.46. The smallest absolute Gasteiger partial charge is 0.355 e. The van der Waals surface area contributed by atoms with Crippen molar-refractivity contribution in [3.05, 3.63) is 63.4 Å². The molecule has 0 spiro atoms. The Morgan fingerprint density at radius 1 is 1.20 bits per heavy atom. The fraction of sp³-hybridized carbons (Fsp3) is 0.357. The van der Waals surface area contributed by atoms with E-state index in [1.807, 2.05) is 61.5 Å². The number of hydrogen-bond donors (Lipinski definition) is 3. The maximum atomic E-state index is 12.4. The second-order valence-corrected chi connectivity index (χ2v) is 11.4. The van der Waals surface area contributed by atoms with Crippen LogP contribution in [-0.4, -0.2) is 67.8 Å². The summed E-state index contributed by atoms with van der Waals surface area (Å²) in [5.41, 5.74) is 2.73. The largest absolute Gasteiger partial charge is 0.476 e. The zero-order valence-electron chi connectivity index (χ0n) is 22.5. The molecule has 3 N–H and O–H groups in total. The molecule has 2 aromatic heterocycles. The number of carbonyl (C=O) groups is 1. The number of tetrazole rings is 1. The van der Waals surface area contributed by atoms with Crippen molar-refractivity contribution in [1.82, 2.24) is 35.7 Å². The third-order valence-corrected chi connectivity index (χ3v) is 8.31. The van der Waals surface area contributed by atoms with E-state index in [4.69, 9.17) is 16.0 Å². The number of aliphatic carboxylic acids is 1. The van der Waals surface area contributed by atoms with Crippen LogP contribution < -0.4 is 5.32 Å². The van der Waals surface area contributed by atoms with Crippen LogP contribution in [0.3, 0.4) is 0 Å². The van der Waals surface area contributed by atoms with E-state index in [9.17, 15) is 9.90 Å². The first-order chi connectivity index (χ1) is 19.2. The molecule has 1 unspecified atom stereocenters. The van der Waals surface area contributed by atoms with Gasteiger partial charge in [-0.2, -0.15) is 5.21 Å². The summed E-state index contributed by atoms with van der Waals surface area (Å²) in [4.78, 5) is 16.4. The molecule has 0 bridgehead atoms. The van der Waals surface area contributed by atoms with Crippen LogP contribution in [-0.2, 0) is 11.3 Å². The third-order valence-electron chi connectivity index (χ3n) is 7.25. The number of hydrogen-bond acceptors (Lipinski definition) is 8. The molecule has 0 radical (unpaired) electrons. The lowest BCUT2D eigenvalue weighted by Gasteiger charge is -2.42. The standard InChI is InChI=1S/C28H31BrClN7O3/c1-4-5-12-28(13-14-36(2)3)31-25(30)23(27(38)39)37(28)16-17-10-11-21-20(15-17)22(29)24(40-21)18-8-6-7-9-19(18)26-32-34-35-33-26/h6-11,15,31H,4-5,12-14,16H2,1-3H3,(H,38,39)(H,32,33,34,35). The van der Waals surface area contributed by atoms with Crippen molar-refractivity contribution in [3.8, 4) is 22.7 Å². The minimum absolute atomic E-state index is 0.0950. The number of aromatic amines is 1. The Kier molecular flexibility index (Phi) is 8.16. The molecule has 0 aliphatic carbocycles. The maximum Gasteiger partial charge on any atom is 0.355 e. The van der Waals surface area contributed by atoms with Gasteiger partial charge in [-0.05, 0) is 65.8 Å². The summed E-state index contributed by atoms with van der Waals surface area (Å²) in [6.07, 6.45) is 3.39. The Labute approximate surface area is 245 Å². The summed E-state index contributed by atoms with van der Waals surface area (Å²) in [6, 6.07) is 13.6. The Morgan fingerprint density at radius 3 is 2.65 bits per heavy atom. The van der Waals surface area contributed by atoms with Gasteiger partial charge in [0.2, 0.25) is 5.82 Å². The predicted molar refractivity (Wildman–Crippen MR) is 157 cm³/mol. The molecule has 3 heterocycles. The van der Waals surface area contributed by atoms with Gasteiger partial charge in [-0.1, -0.05) is 55.3 Å². The second kappa shape index (κ2) is 11.6. The highest BCUT2D eigenvalue weighted by molar-refractivity contribution is 9.10. The van der Waals surface area contributed by atoms with E-state index in [0.29, 0.717) is 30.1 Å². The van der Waals surface area contributed by atoms with Crippen molar-refractivity contribution >= 4 is 44.5 Å². The van der Waals surface area contributed by atoms with Gasteiger partial charge in [0.15, 0.2) is 5.70 Å². The molecule has 0 saturated heterocycles. The first kappa shape index (κ1) is 28.1. The SMILES string of the molecule is CCCCC1(CCN(C)C)NC(Cl)=C(C(=O)O)N1Cc1ccc2oc(-c3ccccc3-c3nn[nH]n3)c(Br)c2c1. The Hall–Kier alpha value is -3.41.